The predicted molar refractivity (Wildman–Crippen MR) is 97.6 cm³/mol. The van der Waals surface area contributed by atoms with Crippen molar-refractivity contribution in [2.24, 2.45) is 5.92 Å². The molecule has 0 aliphatic carbocycles. The van der Waals surface area contributed by atoms with Gasteiger partial charge in [0.05, 0.1) is 12.5 Å². The summed E-state index contributed by atoms with van der Waals surface area (Å²) < 4.78 is 5.51. The van der Waals surface area contributed by atoms with Crippen LogP contribution < -0.4 is 5.32 Å². The molecule has 2 unspecified atom stereocenters. The topological polar surface area (TPSA) is 41.6 Å². The number of carbonyl (C=O) groups excluding carboxylic acids is 1. The average Bonchev–Trinajstić information content (AvgIpc) is 2.74. The number of anilines is 1. The molecule has 2 aliphatic heterocycles. The maximum atomic E-state index is 12.4. The van der Waals surface area contributed by atoms with Crippen LogP contribution in [0, 0.1) is 5.92 Å². The molecule has 1 aromatic carbocycles. The Balaban J connectivity index is 1.67. The van der Waals surface area contributed by atoms with Crippen LogP contribution >= 0.6 is 0 Å². The van der Waals surface area contributed by atoms with E-state index < -0.39 is 0 Å². The first-order valence-corrected chi connectivity index (χ1v) is 9.31. The van der Waals surface area contributed by atoms with E-state index in [1.807, 2.05) is 0 Å². The van der Waals surface area contributed by atoms with Gasteiger partial charge in [0.25, 0.3) is 0 Å². The molecule has 4 heteroatoms. The van der Waals surface area contributed by atoms with Gasteiger partial charge in [0, 0.05) is 25.4 Å². The Hall–Kier alpha value is -1.39. The van der Waals surface area contributed by atoms with Crippen LogP contribution in [-0.4, -0.2) is 43.7 Å². The number of nitrogens with zero attached hydrogens (tertiary/aromatic N) is 1. The summed E-state index contributed by atoms with van der Waals surface area (Å²) >= 11 is 0. The lowest BCUT2D eigenvalue weighted by molar-refractivity contribution is -0.117. The lowest BCUT2D eigenvalue weighted by atomic mass is 9.88. The Kier molecular flexibility index (Phi) is 5.57. The monoisotopic (exact) mass is 330 g/mol. The van der Waals surface area contributed by atoms with Crippen LogP contribution in [0.3, 0.4) is 0 Å². The van der Waals surface area contributed by atoms with Crippen LogP contribution in [0.1, 0.15) is 56.6 Å². The minimum Gasteiger partial charge on any atom is -0.380 e. The molecule has 132 valence electrons. The number of fused-ring (bicyclic) bond motifs is 1. The second kappa shape index (κ2) is 7.66. The summed E-state index contributed by atoms with van der Waals surface area (Å²) in [6.07, 6.45) is 1.97. The molecule has 1 N–H and O–H groups in total. The fraction of sp³-hybridized carbons (Fsp3) is 0.650. The second-order valence-corrected chi connectivity index (χ2v) is 7.52. The summed E-state index contributed by atoms with van der Waals surface area (Å²) in [5.41, 5.74) is 3.51. The van der Waals surface area contributed by atoms with Gasteiger partial charge in [-0.15, -0.1) is 0 Å². The maximum Gasteiger partial charge on any atom is 0.232 e. The van der Waals surface area contributed by atoms with Crippen LogP contribution in [0.25, 0.3) is 0 Å². The lowest BCUT2D eigenvalue weighted by Gasteiger charge is -2.21. The van der Waals surface area contributed by atoms with Crippen molar-refractivity contribution < 1.29 is 9.53 Å². The molecule has 3 rings (SSSR count). The third-order valence-electron chi connectivity index (χ3n) is 5.60. The molecule has 0 bridgehead atoms. The Labute approximate surface area is 145 Å². The fourth-order valence-corrected chi connectivity index (χ4v) is 3.63. The molecule has 1 fully saturated rings. The maximum absolute atomic E-state index is 12.4. The summed E-state index contributed by atoms with van der Waals surface area (Å²) in [6.45, 7) is 11.4. The van der Waals surface area contributed by atoms with Crippen molar-refractivity contribution >= 4 is 11.6 Å². The highest BCUT2D eigenvalue weighted by molar-refractivity contribution is 6.03. The van der Waals surface area contributed by atoms with Crippen LogP contribution in [0.5, 0.6) is 0 Å². The van der Waals surface area contributed by atoms with E-state index >= 15 is 0 Å². The summed E-state index contributed by atoms with van der Waals surface area (Å²) in [7, 11) is 0. The number of hydrogen-bond donors (Lipinski definition) is 1. The van der Waals surface area contributed by atoms with Gasteiger partial charge in [-0.3, -0.25) is 4.79 Å². The van der Waals surface area contributed by atoms with Gasteiger partial charge in [0.2, 0.25) is 5.91 Å². The van der Waals surface area contributed by atoms with Gasteiger partial charge < -0.3 is 15.0 Å². The van der Waals surface area contributed by atoms with Crippen molar-refractivity contribution in [1.82, 2.24) is 4.90 Å². The zero-order valence-electron chi connectivity index (χ0n) is 15.2. The van der Waals surface area contributed by atoms with Gasteiger partial charge in [0.15, 0.2) is 0 Å². The zero-order valence-corrected chi connectivity index (χ0v) is 15.2. The third-order valence-corrected chi connectivity index (χ3v) is 5.60. The van der Waals surface area contributed by atoms with E-state index in [4.69, 9.17) is 4.74 Å². The number of nitrogens with one attached hydrogen (secondary N) is 1. The van der Waals surface area contributed by atoms with Crippen LogP contribution in [0.2, 0.25) is 0 Å². The molecule has 1 saturated heterocycles. The first-order chi connectivity index (χ1) is 11.6. The van der Waals surface area contributed by atoms with Crippen molar-refractivity contribution in [3.05, 3.63) is 29.3 Å². The van der Waals surface area contributed by atoms with Crippen LogP contribution in [0.4, 0.5) is 5.69 Å². The minimum absolute atomic E-state index is 0.00687. The highest BCUT2D eigenvalue weighted by atomic mass is 16.5. The van der Waals surface area contributed by atoms with Gasteiger partial charge in [-0.05, 0) is 48.4 Å². The molecule has 2 aliphatic rings. The lowest BCUT2D eigenvalue weighted by Crippen LogP contribution is -2.29. The van der Waals surface area contributed by atoms with Gasteiger partial charge in [-0.2, -0.15) is 0 Å². The van der Waals surface area contributed by atoms with Gasteiger partial charge in [0.1, 0.15) is 0 Å². The molecule has 0 spiro atoms. The fourth-order valence-electron chi connectivity index (χ4n) is 3.63. The Morgan fingerprint density at radius 3 is 2.88 bits per heavy atom. The summed E-state index contributed by atoms with van der Waals surface area (Å²) in [5.74, 6) is 1.25. The smallest absolute Gasteiger partial charge is 0.232 e. The van der Waals surface area contributed by atoms with E-state index in [1.165, 1.54) is 11.1 Å². The van der Waals surface area contributed by atoms with E-state index in [2.05, 4.69) is 49.2 Å². The van der Waals surface area contributed by atoms with Crippen molar-refractivity contribution in [2.45, 2.75) is 45.4 Å². The standard InChI is InChI=1S/C20H30N2O2/c1-14(2)15(3)16-5-6-17-18(20(23)21-19(17)13-16)7-9-22-8-4-11-24-12-10-22/h5-6,13-15,18H,4,7-12H2,1-3H3,(H,21,23). The summed E-state index contributed by atoms with van der Waals surface area (Å²) in [6, 6.07) is 6.55. The van der Waals surface area contributed by atoms with E-state index in [0.717, 1.165) is 51.4 Å². The van der Waals surface area contributed by atoms with Gasteiger partial charge in [-0.25, -0.2) is 0 Å². The number of hydrogen-bond acceptors (Lipinski definition) is 3. The van der Waals surface area contributed by atoms with Crippen molar-refractivity contribution in [3.63, 3.8) is 0 Å². The molecular formula is C20H30N2O2. The highest BCUT2D eigenvalue weighted by Gasteiger charge is 2.31. The summed E-state index contributed by atoms with van der Waals surface area (Å²) in [4.78, 5) is 14.9. The Morgan fingerprint density at radius 2 is 2.08 bits per heavy atom. The minimum atomic E-state index is -0.00687. The first kappa shape index (κ1) is 17.4. The SMILES string of the molecule is CC(C)C(C)c1ccc2c(c1)NC(=O)C2CCN1CCCOCC1. The number of rotatable bonds is 5. The molecule has 1 aromatic rings. The van der Waals surface area contributed by atoms with E-state index in [0.29, 0.717) is 11.8 Å². The van der Waals surface area contributed by atoms with E-state index in [-0.39, 0.29) is 11.8 Å². The number of carbonyl (C=O) groups is 1. The number of ether oxygens (including phenoxy) is 1. The molecule has 2 heterocycles. The van der Waals surface area contributed by atoms with E-state index in [9.17, 15) is 4.79 Å². The average molecular weight is 330 g/mol. The molecular weight excluding hydrogens is 300 g/mol. The molecule has 0 radical (unpaired) electrons. The zero-order chi connectivity index (χ0) is 17.1. The highest BCUT2D eigenvalue weighted by Crippen LogP contribution is 2.37. The number of amides is 1. The summed E-state index contributed by atoms with van der Waals surface area (Å²) in [5, 5.41) is 3.10. The Morgan fingerprint density at radius 1 is 1.25 bits per heavy atom. The van der Waals surface area contributed by atoms with Crippen LogP contribution in [-0.2, 0) is 9.53 Å². The van der Waals surface area contributed by atoms with Crippen LogP contribution in [0.15, 0.2) is 18.2 Å². The number of benzene rings is 1. The quantitative estimate of drug-likeness (QED) is 0.897. The van der Waals surface area contributed by atoms with Gasteiger partial charge >= 0.3 is 0 Å². The Bertz CT molecular complexity index is 577. The molecule has 0 saturated carbocycles. The van der Waals surface area contributed by atoms with Crippen molar-refractivity contribution in [2.75, 3.05) is 38.2 Å². The normalized spacial score (nSPS) is 23.0. The van der Waals surface area contributed by atoms with Crippen molar-refractivity contribution in [3.8, 4) is 0 Å². The molecule has 24 heavy (non-hydrogen) atoms. The molecule has 2 atom stereocenters. The largest absolute Gasteiger partial charge is 0.380 e. The third kappa shape index (κ3) is 3.81. The first-order valence-electron chi connectivity index (χ1n) is 9.31. The van der Waals surface area contributed by atoms with Crippen molar-refractivity contribution in [1.29, 1.82) is 0 Å². The predicted octanol–water partition coefficient (Wildman–Crippen LogP) is 3.59. The molecule has 4 nitrogen and oxygen atoms in total. The molecule has 0 aromatic heterocycles. The van der Waals surface area contributed by atoms with E-state index in [1.54, 1.807) is 0 Å². The second-order valence-electron chi connectivity index (χ2n) is 7.52. The molecule has 1 amide bonds. The van der Waals surface area contributed by atoms with Gasteiger partial charge in [-0.1, -0.05) is 32.9 Å².